The van der Waals surface area contributed by atoms with Gasteiger partial charge in [0.1, 0.15) is 0 Å². The molecule has 0 aliphatic heterocycles. The van der Waals surface area contributed by atoms with Crippen LogP contribution in [0.1, 0.15) is 25.2 Å². The molecule has 2 unspecified atom stereocenters. The first-order valence-electron chi connectivity index (χ1n) is 6.28. The number of rotatable bonds is 6. The van der Waals surface area contributed by atoms with Gasteiger partial charge in [0.15, 0.2) is 9.84 Å². The molecular weight excluding hydrogens is 330 g/mol. The van der Waals surface area contributed by atoms with E-state index in [0.29, 0.717) is 6.42 Å². The van der Waals surface area contributed by atoms with Crippen LogP contribution in [0.4, 0.5) is 0 Å². The van der Waals surface area contributed by atoms with Gasteiger partial charge in [-0.1, -0.05) is 6.92 Å². The van der Waals surface area contributed by atoms with Crippen molar-refractivity contribution in [2.45, 2.75) is 38.5 Å². The van der Waals surface area contributed by atoms with Gasteiger partial charge >= 0.3 is 0 Å². The molecule has 0 spiro atoms. The second kappa shape index (κ2) is 6.37. The highest BCUT2D eigenvalue weighted by molar-refractivity contribution is 9.10. The number of aromatic nitrogens is 2. The number of hydrogen-bond donors (Lipinski definition) is 1. The molecule has 1 N–H and O–H groups in total. The van der Waals surface area contributed by atoms with Crippen LogP contribution in [0.3, 0.4) is 0 Å². The first-order valence-corrected chi connectivity index (χ1v) is 9.03. The van der Waals surface area contributed by atoms with E-state index in [0.717, 1.165) is 22.4 Å². The van der Waals surface area contributed by atoms with Gasteiger partial charge in [-0.05, 0) is 36.3 Å². The molecule has 0 aliphatic rings. The third-order valence-corrected chi connectivity index (χ3v) is 6.09. The summed E-state index contributed by atoms with van der Waals surface area (Å²) in [7, 11) is -1.19. The van der Waals surface area contributed by atoms with E-state index in [9.17, 15) is 8.42 Å². The normalized spacial score (nSPS) is 15.5. The van der Waals surface area contributed by atoms with Gasteiger partial charge in [-0.15, -0.1) is 0 Å². The minimum Gasteiger partial charge on any atom is -0.313 e. The van der Waals surface area contributed by atoms with Crippen molar-refractivity contribution in [3.8, 4) is 0 Å². The van der Waals surface area contributed by atoms with Gasteiger partial charge < -0.3 is 5.32 Å². The summed E-state index contributed by atoms with van der Waals surface area (Å²) in [6.07, 6.45) is 1.91. The van der Waals surface area contributed by atoms with Crippen LogP contribution in [0, 0.1) is 6.92 Å². The van der Waals surface area contributed by atoms with Gasteiger partial charge in [0, 0.05) is 25.8 Å². The molecule has 0 fully saturated rings. The summed E-state index contributed by atoms with van der Waals surface area (Å²) in [5.74, 6) is 0. The molecule has 0 aliphatic carbocycles. The third kappa shape index (κ3) is 4.03. The maximum atomic E-state index is 11.7. The monoisotopic (exact) mass is 351 g/mol. The second-order valence-corrected chi connectivity index (χ2v) is 8.07. The maximum absolute atomic E-state index is 11.7. The Morgan fingerprint density at radius 2 is 2.05 bits per heavy atom. The predicted molar refractivity (Wildman–Crippen MR) is 81.1 cm³/mol. The fraction of sp³-hybridized carbons (Fsp3) is 0.750. The highest BCUT2D eigenvalue weighted by Crippen LogP contribution is 2.23. The summed E-state index contributed by atoms with van der Waals surface area (Å²) < 4.78 is 26.2. The third-order valence-electron chi connectivity index (χ3n) is 3.38. The number of halogens is 1. The molecule has 1 rings (SSSR count). The van der Waals surface area contributed by atoms with Crippen LogP contribution in [-0.2, 0) is 23.3 Å². The number of hydrogen-bond acceptors (Lipinski definition) is 4. The molecule has 19 heavy (non-hydrogen) atoms. The summed E-state index contributed by atoms with van der Waals surface area (Å²) in [5.41, 5.74) is 1.93. The molecule has 0 saturated heterocycles. The Balaban J connectivity index is 3.02. The minimum absolute atomic E-state index is 0.119. The van der Waals surface area contributed by atoms with E-state index >= 15 is 0 Å². The van der Waals surface area contributed by atoms with Gasteiger partial charge in [-0.2, -0.15) is 5.10 Å². The van der Waals surface area contributed by atoms with Gasteiger partial charge in [0.25, 0.3) is 0 Å². The molecule has 0 saturated carbocycles. The van der Waals surface area contributed by atoms with Crippen molar-refractivity contribution in [1.82, 2.24) is 15.1 Å². The van der Waals surface area contributed by atoms with Crippen LogP contribution in [0.2, 0.25) is 0 Å². The van der Waals surface area contributed by atoms with Crippen molar-refractivity contribution in [2.75, 3.05) is 12.8 Å². The van der Waals surface area contributed by atoms with Crippen molar-refractivity contribution in [3.05, 3.63) is 15.9 Å². The van der Waals surface area contributed by atoms with E-state index in [2.05, 4.69) is 26.3 Å². The van der Waals surface area contributed by atoms with Gasteiger partial charge in [-0.3, -0.25) is 4.68 Å². The number of likely N-dealkylation sites (N-methyl/N-ethyl adjacent to an activating group) is 1. The van der Waals surface area contributed by atoms with Crippen LogP contribution in [0.25, 0.3) is 0 Å². The van der Waals surface area contributed by atoms with Crippen LogP contribution >= 0.6 is 15.9 Å². The molecule has 0 aromatic carbocycles. The van der Waals surface area contributed by atoms with Crippen molar-refractivity contribution < 1.29 is 8.42 Å². The Bertz CT molecular complexity index is 539. The zero-order valence-electron chi connectivity index (χ0n) is 12.1. The first kappa shape index (κ1) is 16.7. The number of nitrogens with zero attached hydrogens (tertiary/aromatic N) is 2. The molecule has 1 heterocycles. The smallest absolute Gasteiger partial charge is 0.151 e. The lowest BCUT2D eigenvalue weighted by Crippen LogP contribution is -2.44. The molecule has 0 radical (unpaired) electrons. The van der Waals surface area contributed by atoms with E-state index in [1.54, 1.807) is 11.6 Å². The quantitative estimate of drug-likeness (QED) is 0.842. The molecule has 1 aromatic rings. The van der Waals surface area contributed by atoms with Crippen molar-refractivity contribution in [3.63, 3.8) is 0 Å². The Kier molecular flexibility index (Phi) is 5.58. The van der Waals surface area contributed by atoms with Gasteiger partial charge in [0.2, 0.25) is 0 Å². The van der Waals surface area contributed by atoms with Crippen LogP contribution < -0.4 is 5.32 Å². The lowest BCUT2D eigenvalue weighted by Gasteiger charge is -2.23. The van der Waals surface area contributed by atoms with Crippen molar-refractivity contribution in [1.29, 1.82) is 0 Å². The number of nitrogens with one attached hydrogen (secondary N) is 1. The van der Waals surface area contributed by atoms with Gasteiger partial charge in [-0.25, -0.2) is 8.42 Å². The van der Waals surface area contributed by atoms with Crippen LogP contribution in [0.15, 0.2) is 4.47 Å². The maximum Gasteiger partial charge on any atom is 0.151 e. The summed E-state index contributed by atoms with van der Waals surface area (Å²) in [6, 6.07) is -0.119. The Labute approximate surface area is 123 Å². The lowest BCUT2D eigenvalue weighted by atomic mass is 10.1. The van der Waals surface area contributed by atoms with Gasteiger partial charge in [0.05, 0.1) is 21.1 Å². The Morgan fingerprint density at radius 1 is 1.47 bits per heavy atom. The lowest BCUT2D eigenvalue weighted by molar-refractivity contribution is 0.481. The minimum atomic E-state index is -3.07. The molecule has 5 nitrogen and oxygen atoms in total. The van der Waals surface area contributed by atoms with E-state index in [1.807, 2.05) is 20.9 Å². The van der Waals surface area contributed by atoms with Crippen LogP contribution in [-0.4, -0.2) is 42.3 Å². The zero-order chi connectivity index (χ0) is 14.8. The van der Waals surface area contributed by atoms with Crippen molar-refractivity contribution in [2.24, 2.45) is 7.05 Å². The zero-order valence-corrected chi connectivity index (χ0v) is 14.5. The largest absolute Gasteiger partial charge is 0.313 e. The molecule has 2 atom stereocenters. The van der Waals surface area contributed by atoms with Crippen molar-refractivity contribution >= 4 is 25.8 Å². The van der Waals surface area contributed by atoms with E-state index < -0.39 is 15.1 Å². The van der Waals surface area contributed by atoms with E-state index in [-0.39, 0.29) is 6.04 Å². The fourth-order valence-corrected chi connectivity index (χ4v) is 3.36. The standard InChI is InChI=1S/C12H22BrN3O2S/c1-6-14-10(9(3)19(5,17)18)7-11-12(13)8(2)15-16(11)4/h9-10,14H,6-7H2,1-5H3. The highest BCUT2D eigenvalue weighted by atomic mass is 79.9. The van der Waals surface area contributed by atoms with E-state index in [1.165, 1.54) is 6.26 Å². The SMILES string of the molecule is CCNC(Cc1c(Br)c(C)nn1C)C(C)S(C)(=O)=O. The molecule has 0 bridgehead atoms. The summed E-state index contributed by atoms with van der Waals surface area (Å²) in [5, 5.41) is 7.16. The second-order valence-electron chi connectivity index (χ2n) is 4.87. The summed E-state index contributed by atoms with van der Waals surface area (Å²) in [6.45, 7) is 6.39. The Morgan fingerprint density at radius 3 is 2.42 bits per heavy atom. The van der Waals surface area contributed by atoms with E-state index in [4.69, 9.17) is 0 Å². The average molecular weight is 352 g/mol. The highest BCUT2D eigenvalue weighted by Gasteiger charge is 2.27. The van der Waals surface area contributed by atoms with Crippen LogP contribution in [0.5, 0.6) is 0 Å². The molecular formula is C12H22BrN3O2S. The molecule has 7 heteroatoms. The molecule has 1 aromatic heterocycles. The number of aryl methyl sites for hydroxylation is 2. The number of sulfone groups is 1. The average Bonchev–Trinajstić information content (AvgIpc) is 2.53. The fourth-order valence-electron chi connectivity index (χ4n) is 2.07. The Hall–Kier alpha value is -0.400. The topological polar surface area (TPSA) is 64.0 Å². The summed E-state index contributed by atoms with van der Waals surface area (Å²) in [4.78, 5) is 0. The summed E-state index contributed by atoms with van der Waals surface area (Å²) >= 11 is 3.52. The molecule has 110 valence electrons. The first-order chi connectivity index (χ1) is 8.68. The molecule has 0 amide bonds. The predicted octanol–water partition coefficient (Wildman–Crippen LogP) is 1.44.